The SMILES string of the molecule is Cc1ccccc1N1C(=O)[C@H]2N=NN(CC(=O)N3N=C(c4ccccc4)C[C@@H]3c3ccccc3)[C@@H]2C1=O. The molecule has 3 atom stereocenters. The predicted molar refractivity (Wildman–Crippen MR) is 136 cm³/mol. The van der Waals surface area contributed by atoms with Gasteiger partial charge in [-0.05, 0) is 29.7 Å². The average Bonchev–Trinajstić information content (AvgIpc) is 3.61. The lowest BCUT2D eigenvalue weighted by Crippen LogP contribution is -2.44. The number of hydrogen-bond acceptors (Lipinski definition) is 7. The second-order valence-electron chi connectivity index (χ2n) is 9.27. The number of hydrogen-bond donors (Lipinski definition) is 0. The molecule has 3 aromatic carbocycles. The van der Waals surface area contributed by atoms with Gasteiger partial charge in [0.1, 0.15) is 6.54 Å². The topological polar surface area (TPSA) is 98.0 Å². The maximum atomic E-state index is 13.6. The van der Waals surface area contributed by atoms with Crippen molar-refractivity contribution in [1.29, 1.82) is 0 Å². The number of imide groups is 1. The molecular weight excluding hydrogens is 468 g/mol. The van der Waals surface area contributed by atoms with E-state index in [4.69, 9.17) is 5.10 Å². The van der Waals surface area contributed by atoms with E-state index in [9.17, 15) is 14.4 Å². The quantitative estimate of drug-likeness (QED) is 0.508. The first-order valence-electron chi connectivity index (χ1n) is 12.1. The van der Waals surface area contributed by atoms with Crippen LogP contribution in [0.2, 0.25) is 0 Å². The van der Waals surface area contributed by atoms with Crippen LogP contribution in [0.5, 0.6) is 0 Å². The molecular formula is C28H24N6O3. The Morgan fingerprint density at radius 3 is 2.30 bits per heavy atom. The van der Waals surface area contributed by atoms with Crippen LogP contribution in [0.3, 0.4) is 0 Å². The Hall–Kier alpha value is -4.66. The fraction of sp³-hybridized carbons (Fsp3) is 0.214. The fourth-order valence-corrected chi connectivity index (χ4v) is 5.10. The van der Waals surface area contributed by atoms with Gasteiger partial charge in [-0.1, -0.05) is 84.1 Å². The van der Waals surface area contributed by atoms with Crippen molar-refractivity contribution in [3.8, 4) is 0 Å². The Morgan fingerprint density at radius 2 is 1.57 bits per heavy atom. The zero-order valence-corrected chi connectivity index (χ0v) is 20.1. The molecule has 0 bridgehead atoms. The van der Waals surface area contributed by atoms with Crippen LogP contribution in [0.25, 0.3) is 0 Å². The molecule has 0 aliphatic carbocycles. The van der Waals surface area contributed by atoms with Gasteiger partial charge in [-0.25, -0.2) is 9.91 Å². The van der Waals surface area contributed by atoms with Crippen molar-refractivity contribution in [2.24, 2.45) is 15.4 Å². The minimum absolute atomic E-state index is 0.222. The normalized spacial score (nSPS) is 22.6. The van der Waals surface area contributed by atoms with E-state index >= 15 is 0 Å². The summed E-state index contributed by atoms with van der Waals surface area (Å²) in [6, 6.07) is 24.5. The van der Waals surface area contributed by atoms with Crippen molar-refractivity contribution < 1.29 is 14.4 Å². The van der Waals surface area contributed by atoms with Gasteiger partial charge in [-0.15, -0.1) is 0 Å². The van der Waals surface area contributed by atoms with Gasteiger partial charge in [-0.3, -0.25) is 19.4 Å². The predicted octanol–water partition coefficient (Wildman–Crippen LogP) is 3.67. The van der Waals surface area contributed by atoms with E-state index in [2.05, 4.69) is 10.3 Å². The van der Waals surface area contributed by atoms with Crippen molar-refractivity contribution in [3.05, 3.63) is 102 Å². The van der Waals surface area contributed by atoms with Crippen LogP contribution in [-0.4, -0.2) is 52.1 Å². The minimum atomic E-state index is -0.966. The standard InChI is InChI=1S/C28H24N6O3/c1-18-10-8-9-15-22(18)33-27(36)25-26(28(33)37)32(31-29-25)17-24(35)34-23(20-13-6-3-7-14-20)16-21(30-34)19-11-4-2-5-12-19/h2-15,23,25-26H,16-17H2,1H3/t23-,25+,26+/m1/s1. The number of aryl methyl sites for hydroxylation is 1. The number of benzene rings is 3. The molecule has 9 nitrogen and oxygen atoms in total. The number of fused-ring (bicyclic) bond motifs is 1. The highest BCUT2D eigenvalue weighted by Gasteiger charge is 2.55. The van der Waals surface area contributed by atoms with Crippen LogP contribution in [0, 0.1) is 6.92 Å². The molecule has 6 rings (SSSR count). The summed E-state index contributed by atoms with van der Waals surface area (Å²) in [5.74, 6) is -1.19. The summed E-state index contributed by atoms with van der Waals surface area (Å²) >= 11 is 0. The van der Waals surface area contributed by atoms with Crippen molar-refractivity contribution in [2.45, 2.75) is 31.5 Å². The highest BCUT2D eigenvalue weighted by Crippen LogP contribution is 2.35. The van der Waals surface area contributed by atoms with Crippen LogP contribution >= 0.6 is 0 Å². The molecule has 1 saturated heterocycles. The lowest BCUT2D eigenvalue weighted by molar-refractivity contribution is -0.135. The van der Waals surface area contributed by atoms with E-state index in [1.165, 1.54) is 10.0 Å². The molecule has 184 valence electrons. The Bertz CT molecular complexity index is 1440. The van der Waals surface area contributed by atoms with Crippen molar-refractivity contribution in [2.75, 3.05) is 11.4 Å². The number of hydrazone groups is 1. The summed E-state index contributed by atoms with van der Waals surface area (Å²) in [6.45, 7) is 1.62. The number of para-hydroxylation sites is 1. The van der Waals surface area contributed by atoms with Crippen LogP contribution in [0.4, 0.5) is 5.69 Å². The van der Waals surface area contributed by atoms with E-state index in [0.717, 1.165) is 27.3 Å². The lowest BCUT2D eigenvalue weighted by Gasteiger charge is -2.25. The Kier molecular flexibility index (Phi) is 5.60. The van der Waals surface area contributed by atoms with Gasteiger partial charge in [0.2, 0.25) is 0 Å². The monoisotopic (exact) mass is 492 g/mol. The number of carbonyl (C=O) groups is 3. The average molecular weight is 493 g/mol. The number of carbonyl (C=O) groups excluding carboxylic acids is 3. The maximum Gasteiger partial charge on any atom is 0.264 e. The summed E-state index contributed by atoms with van der Waals surface area (Å²) < 4.78 is 0. The largest absolute Gasteiger partial charge is 0.271 e. The van der Waals surface area contributed by atoms with Crippen molar-refractivity contribution in [3.63, 3.8) is 0 Å². The van der Waals surface area contributed by atoms with Gasteiger partial charge in [-0.2, -0.15) is 10.2 Å². The van der Waals surface area contributed by atoms with Crippen LogP contribution in [-0.2, 0) is 14.4 Å². The number of rotatable bonds is 5. The lowest BCUT2D eigenvalue weighted by atomic mass is 9.98. The molecule has 3 aliphatic heterocycles. The van der Waals surface area contributed by atoms with Crippen molar-refractivity contribution >= 4 is 29.1 Å². The zero-order valence-electron chi connectivity index (χ0n) is 20.1. The second kappa shape index (κ2) is 9.09. The van der Waals surface area contributed by atoms with E-state index in [0.29, 0.717) is 12.1 Å². The molecule has 3 aromatic rings. The summed E-state index contributed by atoms with van der Waals surface area (Å²) in [5, 5.41) is 15.6. The molecule has 9 heteroatoms. The van der Waals surface area contributed by atoms with E-state index in [1.807, 2.05) is 79.7 Å². The first kappa shape index (κ1) is 22.8. The number of anilines is 1. The first-order chi connectivity index (χ1) is 18.0. The third kappa shape index (κ3) is 3.88. The molecule has 0 saturated carbocycles. The van der Waals surface area contributed by atoms with Gasteiger partial charge in [0.05, 0.1) is 17.4 Å². The van der Waals surface area contributed by atoms with E-state index in [-0.39, 0.29) is 18.5 Å². The molecule has 0 aromatic heterocycles. The molecule has 0 N–H and O–H groups in total. The third-order valence-corrected chi connectivity index (χ3v) is 6.97. The first-order valence-corrected chi connectivity index (χ1v) is 12.1. The minimum Gasteiger partial charge on any atom is -0.271 e. The Labute approximate surface area is 213 Å². The van der Waals surface area contributed by atoms with Gasteiger partial charge in [0.25, 0.3) is 17.7 Å². The molecule has 1 fully saturated rings. The summed E-state index contributed by atoms with van der Waals surface area (Å²) in [7, 11) is 0. The molecule has 0 unspecified atom stereocenters. The highest BCUT2D eigenvalue weighted by atomic mass is 16.2. The third-order valence-electron chi connectivity index (χ3n) is 6.97. The van der Waals surface area contributed by atoms with Crippen LogP contribution in [0.1, 0.15) is 29.2 Å². The van der Waals surface area contributed by atoms with Gasteiger partial charge in [0.15, 0.2) is 12.1 Å². The number of amides is 3. The molecule has 37 heavy (non-hydrogen) atoms. The second-order valence-corrected chi connectivity index (χ2v) is 9.27. The molecule has 3 amide bonds. The Morgan fingerprint density at radius 1 is 0.892 bits per heavy atom. The highest BCUT2D eigenvalue weighted by molar-refractivity contribution is 6.25. The van der Waals surface area contributed by atoms with Gasteiger partial charge >= 0.3 is 0 Å². The van der Waals surface area contributed by atoms with E-state index < -0.39 is 23.9 Å². The Balaban J connectivity index is 1.26. The molecule has 0 spiro atoms. The van der Waals surface area contributed by atoms with Gasteiger partial charge < -0.3 is 0 Å². The fourth-order valence-electron chi connectivity index (χ4n) is 5.10. The zero-order chi connectivity index (χ0) is 25.5. The van der Waals surface area contributed by atoms with Gasteiger partial charge in [0, 0.05) is 6.42 Å². The van der Waals surface area contributed by atoms with Crippen molar-refractivity contribution in [1.82, 2.24) is 10.0 Å². The smallest absolute Gasteiger partial charge is 0.264 e. The molecule has 3 aliphatic rings. The summed E-state index contributed by atoms with van der Waals surface area (Å²) in [6.07, 6.45) is 0.561. The van der Waals surface area contributed by atoms with Crippen LogP contribution < -0.4 is 4.90 Å². The molecule has 3 heterocycles. The summed E-state index contributed by atoms with van der Waals surface area (Å²) in [5.41, 5.74) is 4.04. The van der Waals surface area contributed by atoms with E-state index in [1.54, 1.807) is 12.1 Å². The number of nitrogens with zero attached hydrogens (tertiary/aromatic N) is 6. The van der Waals surface area contributed by atoms with Crippen LogP contribution in [0.15, 0.2) is 100 Å². The summed E-state index contributed by atoms with van der Waals surface area (Å²) in [4.78, 5) is 41.2. The maximum absolute atomic E-state index is 13.6. The molecule has 0 radical (unpaired) electrons.